The molecule has 0 fully saturated rings. The Labute approximate surface area is 94.8 Å². The standard InChI is InChI=1S/C9H8BrClO3/c1-14-6-2-5(4-10)8(11)7(3-6)9(12)13/h2-3H,4H2,1H3,(H,12,13). The van der Waals surface area contributed by atoms with E-state index in [1.807, 2.05) is 0 Å². The number of methoxy groups -OCH3 is 1. The number of ether oxygens (including phenoxy) is 1. The lowest BCUT2D eigenvalue weighted by Gasteiger charge is -2.07. The summed E-state index contributed by atoms with van der Waals surface area (Å²) in [5, 5.41) is 9.59. The average molecular weight is 280 g/mol. The predicted molar refractivity (Wildman–Crippen MR) is 57.6 cm³/mol. The van der Waals surface area contributed by atoms with E-state index in [0.29, 0.717) is 16.6 Å². The van der Waals surface area contributed by atoms with Crippen molar-refractivity contribution in [3.8, 4) is 5.75 Å². The second kappa shape index (κ2) is 4.66. The molecule has 1 N–H and O–H groups in total. The van der Waals surface area contributed by atoms with Crippen molar-refractivity contribution in [1.82, 2.24) is 0 Å². The van der Waals surface area contributed by atoms with Crippen LogP contribution in [0.1, 0.15) is 15.9 Å². The zero-order valence-corrected chi connectivity index (χ0v) is 9.72. The van der Waals surface area contributed by atoms with Gasteiger partial charge in [-0.2, -0.15) is 0 Å². The zero-order chi connectivity index (χ0) is 10.7. The number of carbonyl (C=O) groups is 1. The first-order valence-corrected chi connectivity index (χ1v) is 5.25. The van der Waals surface area contributed by atoms with Crippen LogP contribution < -0.4 is 4.74 Å². The third-order valence-electron chi connectivity index (χ3n) is 1.73. The maximum absolute atomic E-state index is 10.8. The summed E-state index contributed by atoms with van der Waals surface area (Å²) >= 11 is 9.09. The van der Waals surface area contributed by atoms with Gasteiger partial charge in [0, 0.05) is 5.33 Å². The molecule has 1 rings (SSSR count). The summed E-state index contributed by atoms with van der Waals surface area (Å²) in [5.74, 6) is -0.572. The molecule has 1 aromatic rings. The summed E-state index contributed by atoms with van der Waals surface area (Å²) in [4.78, 5) is 10.8. The Bertz CT molecular complexity index is 365. The number of rotatable bonds is 3. The van der Waals surface area contributed by atoms with Gasteiger partial charge in [0.15, 0.2) is 0 Å². The van der Waals surface area contributed by atoms with E-state index in [1.54, 1.807) is 6.07 Å². The van der Waals surface area contributed by atoms with Crippen LogP contribution in [0.2, 0.25) is 5.02 Å². The van der Waals surface area contributed by atoms with Crippen LogP contribution >= 0.6 is 27.5 Å². The highest BCUT2D eigenvalue weighted by atomic mass is 79.9. The Kier molecular flexibility index (Phi) is 3.77. The lowest BCUT2D eigenvalue weighted by molar-refractivity contribution is 0.0696. The van der Waals surface area contributed by atoms with Crippen LogP contribution in [0, 0.1) is 0 Å². The SMILES string of the molecule is COc1cc(CBr)c(Cl)c(C(=O)O)c1. The van der Waals surface area contributed by atoms with E-state index in [1.165, 1.54) is 13.2 Å². The van der Waals surface area contributed by atoms with Crippen molar-refractivity contribution in [3.05, 3.63) is 28.3 Å². The number of carboxylic acids is 1. The summed E-state index contributed by atoms with van der Waals surface area (Å²) in [6.07, 6.45) is 0. The number of benzene rings is 1. The fourth-order valence-electron chi connectivity index (χ4n) is 1.03. The number of halogens is 2. The van der Waals surface area contributed by atoms with Crippen molar-refractivity contribution < 1.29 is 14.6 Å². The molecule has 1 aromatic carbocycles. The normalized spacial score (nSPS) is 9.93. The van der Waals surface area contributed by atoms with E-state index in [2.05, 4.69) is 15.9 Å². The van der Waals surface area contributed by atoms with E-state index in [-0.39, 0.29) is 10.6 Å². The van der Waals surface area contributed by atoms with Crippen LogP contribution in [-0.4, -0.2) is 18.2 Å². The molecule has 14 heavy (non-hydrogen) atoms. The number of hydrogen-bond donors (Lipinski definition) is 1. The minimum Gasteiger partial charge on any atom is -0.497 e. The summed E-state index contributed by atoms with van der Waals surface area (Å²) in [6.45, 7) is 0. The van der Waals surface area contributed by atoms with Crippen LogP contribution in [-0.2, 0) is 5.33 Å². The highest BCUT2D eigenvalue weighted by Gasteiger charge is 2.14. The van der Waals surface area contributed by atoms with E-state index in [0.717, 1.165) is 0 Å². The lowest BCUT2D eigenvalue weighted by Crippen LogP contribution is -2.00. The summed E-state index contributed by atoms with van der Waals surface area (Å²) in [7, 11) is 1.48. The van der Waals surface area contributed by atoms with Crippen LogP contribution in [0.15, 0.2) is 12.1 Å². The molecular weight excluding hydrogens is 271 g/mol. The molecule has 0 atom stereocenters. The molecule has 5 heteroatoms. The molecule has 76 valence electrons. The number of alkyl halides is 1. The maximum Gasteiger partial charge on any atom is 0.337 e. The van der Waals surface area contributed by atoms with Crippen LogP contribution in [0.4, 0.5) is 0 Å². The molecule has 0 spiro atoms. The largest absolute Gasteiger partial charge is 0.497 e. The van der Waals surface area contributed by atoms with Gasteiger partial charge in [-0.05, 0) is 17.7 Å². The fourth-order valence-corrected chi connectivity index (χ4v) is 1.89. The van der Waals surface area contributed by atoms with Gasteiger partial charge in [-0.3, -0.25) is 0 Å². The Balaban J connectivity index is 3.34. The van der Waals surface area contributed by atoms with Gasteiger partial charge < -0.3 is 9.84 Å². The van der Waals surface area contributed by atoms with Crippen LogP contribution in [0.25, 0.3) is 0 Å². The third kappa shape index (κ3) is 2.19. The minimum atomic E-state index is -1.06. The molecule has 0 radical (unpaired) electrons. The van der Waals surface area contributed by atoms with E-state index in [9.17, 15) is 4.79 Å². The third-order valence-corrected chi connectivity index (χ3v) is 2.78. The molecule has 0 aromatic heterocycles. The van der Waals surface area contributed by atoms with E-state index < -0.39 is 5.97 Å². The monoisotopic (exact) mass is 278 g/mol. The highest BCUT2D eigenvalue weighted by molar-refractivity contribution is 9.08. The van der Waals surface area contributed by atoms with Gasteiger partial charge in [0.25, 0.3) is 0 Å². The Morgan fingerprint density at radius 3 is 2.71 bits per heavy atom. The maximum atomic E-state index is 10.8. The van der Waals surface area contributed by atoms with Gasteiger partial charge in [0.2, 0.25) is 0 Å². The second-order valence-electron chi connectivity index (χ2n) is 2.59. The number of carboxylic acid groups (broad SMARTS) is 1. The van der Waals surface area contributed by atoms with Crippen LogP contribution in [0.5, 0.6) is 5.75 Å². The summed E-state index contributed by atoms with van der Waals surface area (Å²) in [6, 6.07) is 3.10. The Morgan fingerprint density at radius 1 is 1.64 bits per heavy atom. The predicted octanol–water partition coefficient (Wildman–Crippen LogP) is 2.94. The Morgan fingerprint density at radius 2 is 2.29 bits per heavy atom. The van der Waals surface area contributed by atoms with Gasteiger partial charge in [-0.1, -0.05) is 27.5 Å². The molecule has 0 saturated carbocycles. The molecule has 0 aliphatic carbocycles. The molecule has 0 unspecified atom stereocenters. The molecule has 0 saturated heterocycles. The molecule has 0 aliphatic rings. The molecule has 0 heterocycles. The number of aromatic carboxylic acids is 1. The van der Waals surface area contributed by atoms with Gasteiger partial charge in [-0.25, -0.2) is 4.79 Å². The van der Waals surface area contributed by atoms with Crippen molar-refractivity contribution in [2.45, 2.75) is 5.33 Å². The van der Waals surface area contributed by atoms with Gasteiger partial charge in [0.05, 0.1) is 17.7 Å². The zero-order valence-electron chi connectivity index (χ0n) is 7.38. The second-order valence-corrected chi connectivity index (χ2v) is 3.53. The highest BCUT2D eigenvalue weighted by Crippen LogP contribution is 2.28. The van der Waals surface area contributed by atoms with Crippen molar-refractivity contribution in [2.75, 3.05) is 7.11 Å². The van der Waals surface area contributed by atoms with Crippen molar-refractivity contribution in [3.63, 3.8) is 0 Å². The molecular formula is C9H8BrClO3. The topological polar surface area (TPSA) is 46.5 Å². The molecule has 0 amide bonds. The summed E-state index contributed by atoms with van der Waals surface area (Å²) in [5.41, 5.74) is 0.754. The Hall–Kier alpha value is -0.740. The molecule has 0 bridgehead atoms. The van der Waals surface area contributed by atoms with Gasteiger partial charge >= 0.3 is 5.97 Å². The van der Waals surface area contributed by atoms with Crippen molar-refractivity contribution >= 4 is 33.5 Å². The fraction of sp³-hybridized carbons (Fsp3) is 0.222. The van der Waals surface area contributed by atoms with Crippen LogP contribution in [0.3, 0.4) is 0 Å². The first-order chi connectivity index (χ1) is 6.60. The summed E-state index contributed by atoms with van der Waals surface area (Å²) < 4.78 is 4.96. The molecule has 3 nitrogen and oxygen atoms in total. The van der Waals surface area contributed by atoms with Gasteiger partial charge in [0.1, 0.15) is 5.75 Å². The first kappa shape index (κ1) is 11.3. The lowest BCUT2D eigenvalue weighted by atomic mass is 10.1. The van der Waals surface area contributed by atoms with E-state index >= 15 is 0 Å². The smallest absolute Gasteiger partial charge is 0.337 e. The minimum absolute atomic E-state index is 0.0560. The number of hydrogen-bond acceptors (Lipinski definition) is 2. The first-order valence-electron chi connectivity index (χ1n) is 3.75. The van der Waals surface area contributed by atoms with Gasteiger partial charge in [-0.15, -0.1) is 0 Å². The quantitative estimate of drug-likeness (QED) is 0.865. The van der Waals surface area contributed by atoms with E-state index in [4.69, 9.17) is 21.4 Å². The molecule has 0 aliphatic heterocycles. The van der Waals surface area contributed by atoms with Crippen molar-refractivity contribution in [1.29, 1.82) is 0 Å². The van der Waals surface area contributed by atoms with Crippen molar-refractivity contribution in [2.24, 2.45) is 0 Å². The average Bonchev–Trinajstić information content (AvgIpc) is 2.17.